The van der Waals surface area contributed by atoms with E-state index in [1.165, 1.54) is 6.21 Å². The van der Waals surface area contributed by atoms with Crippen molar-refractivity contribution in [2.45, 2.75) is 12.0 Å². The highest BCUT2D eigenvalue weighted by Gasteiger charge is 2.52. The minimum atomic E-state index is -1.38. The minimum Gasteiger partial charge on any atom is -0.480 e. The number of aliphatic carboxylic acids is 1. The second kappa shape index (κ2) is 7.28. The van der Waals surface area contributed by atoms with Gasteiger partial charge in [-0.1, -0.05) is 54.6 Å². The molecule has 0 unspecified atom stereocenters. The minimum absolute atomic E-state index is 0.193. The van der Waals surface area contributed by atoms with E-state index in [2.05, 4.69) is 10.4 Å². The molecule has 8 nitrogen and oxygen atoms in total. The van der Waals surface area contributed by atoms with Crippen LogP contribution in [0.3, 0.4) is 0 Å². The number of carboxylic acid groups (broad SMARTS) is 1. The van der Waals surface area contributed by atoms with Crippen molar-refractivity contribution in [3.63, 3.8) is 0 Å². The monoisotopic (exact) mass is 366 g/mol. The van der Waals surface area contributed by atoms with E-state index in [1.807, 2.05) is 30.3 Å². The predicted octanol–water partition coefficient (Wildman–Crippen LogP) is 1.05. The Morgan fingerprint density at radius 2 is 1.81 bits per heavy atom. The summed E-state index contributed by atoms with van der Waals surface area (Å²) in [5.41, 5.74) is 0.727. The zero-order chi connectivity index (χ0) is 19.4. The third-order valence-corrected chi connectivity index (χ3v) is 4.41. The number of nitrogens with two attached hydrogens (primary N) is 1. The van der Waals surface area contributed by atoms with Gasteiger partial charge < -0.3 is 16.3 Å². The number of carbonyl (C=O) groups is 3. The number of rotatable bonds is 6. The molecular formula is C19H18N4O4. The quantitative estimate of drug-likeness (QED) is 0.305. The van der Waals surface area contributed by atoms with Gasteiger partial charge in [0.25, 0.3) is 5.91 Å². The van der Waals surface area contributed by atoms with Crippen LogP contribution in [0.15, 0.2) is 59.7 Å². The maximum atomic E-state index is 13.1. The normalized spacial score (nSPS) is 19.5. The van der Waals surface area contributed by atoms with Gasteiger partial charge in [0.2, 0.25) is 0 Å². The third kappa shape index (κ3) is 3.50. The van der Waals surface area contributed by atoms with Gasteiger partial charge in [-0.05, 0) is 16.7 Å². The van der Waals surface area contributed by atoms with Crippen molar-refractivity contribution in [1.29, 1.82) is 0 Å². The Labute approximate surface area is 155 Å². The fourth-order valence-corrected chi connectivity index (χ4v) is 3.16. The highest BCUT2D eigenvalue weighted by Crippen LogP contribution is 2.33. The summed E-state index contributed by atoms with van der Waals surface area (Å²) < 4.78 is 0. The highest BCUT2D eigenvalue weighted by atomic mass is 16.4. The molecule has 0 saturated carbocycles. The number of carboxylic acids is 1. The molecule has 2 aromatic rings. The molecule has 0 radical (unpaired) electrons. The van der Waals surface area contributed by atoms with Crippen molar-refractivity contribution in [3.05, 3.63) is 71.3 Å². The standard InChI is InChI=1S/C19H18N4O4/c20-21-11-14-6-8-15(9-7-14)19(10-13-4-2-1-3-5-13)17(26)23(12-16(24)25)18(27)22-19/h1-9,11H,10,12,20H2,(H,22,27)(H,24,25)/t19-/m0/s1. The average molecular weight is 366 g/mol. The molecule has 4 N–H and O–H groups in total. The van der Waals surface area contributed by atoms with Gasteiger partial charge in [-0.15, -0.1) is 0 Å². The number of amides is 3. The fourth-order valence-electron chi connectivity index (χ4n) is 3.16. The van der Waals surface area contributed by atoms with Gasteiger partial charge in [-0.3, -0.25) is 14.5 Å². The Bertz CT molecular complexity index is 896. The molecule has 0 aromatic heterocycles. The van der Waals surface area contributed by atoms with Gasteiger partial charge in [0.05, 0.1) is 6.21 Å². The Balaban J connectivity index is 2.05. The van der Waals surface area contributed by atoms with Crippen molar-refractivity contribution in [1.82, 2.24) is 10.2 Å². The highest BCUT2D eigenvalue weighted by molar-refractivity contribution is 6.09. The van der Waals surface area contributed by atoms with E-state index in [-0.39, 0.29) is 6.42 Å². The molecule has 3 rings (SSSR count). The molecule has 3 amide bonds. The summed E-state index contributed by atoms with van der Waals surface area (Å²) in [6.07, 6.45) is 1.65. The molecule has 138 valence electrons. The number of benzene rings is 2. The summed E-state index contributed by atoms with van der Waals surface area (Å²) in [4.78, 5) is 37.3. The van der Waals surface area contributed by atoms with E-state index in [4.69, 9.17) is 10.9 Å². The molecule has 0 bridgehead atoms. The largest absolute Gasteiger partial charge is 0.480 e. The molecule has 8 heteroatoms. The summed E-state index contributed by atoms with van der Waals surface area (Å²) in [5.74, 6) is 3.29. The number of hydrazone groups is 1. The van der Waals surface area contributed by atoms with Crippen LogP contribution in [0, 0.1) is 0 Å². The summed E-state index contributed by atoms with van der Waals surface area (Å²) in [6.45, 7) is -0.695. The lowest BCUT2D eigenvalue weighted by molar-refractivity contribution is -0.143. The number of hydrogen-bond acceptors (Lipinski definition) is 5. The third-order valence-electron chi connectivity index (χ3n) is 4.41. The van der Waals surface area contributed by atoms with Gasteiger partial charge in [0.15, 0.2) is 5.54 Å². The van der Waals surface area contributed by atoms with Crippen LogP contribution in [0.2, 0.25) is 0 Å². The first-order valence-electron chi connectivity index (χ1n) is 8.20. The van der Waals surface area contributed by atoms with E-state index in [0.29, 0.717) is 5.56 Å². The van der Waals surface area contributed by atoms with Crippen molar-refractivity contribution < 1.29 is 19.5 Å². The van der Waals surface area contributed by atoms with E-state index < -0.39 is 30.0 Å². The summed E-state index contributed by atoms with van der Waals surface area (Å²) in [7, 11) is 0. The van der Waals surface area contributed by atoms with E-state index in [9.17, 15) is 14.4 Å². The first-order valence-corrected chi connectivity index (χ1v) is 8.20. The average Bonchev–Trinajstić information content (AvgIpc) is 2.88. The summed E-state index contributed by atoms with van der Waals surface area (Å²) >= 11 is 0. The summed E-state index contributed by atoms with van der Waals surface area (Å²) in [5, 5.41) is 15.2. The second-order valence-corrected chi connectivity index (χ2v) is 6.18. The van der Waals surface area contributed by atoms with E-state index in [1.54, 1.807) is 24.3 Å². The molecule has 1 fully saturated rings. The van der Waals surface area contributed by atoms with Gasteiger partial charge >= 0.3 is 12.0 Å². The summed E-state index contributed by atoms with van der Waals surface area (Å²) in [6, 6.07) is 15.3. The lowest BCUT2D eigenvalue weighted by atomic mass is 9.83. The topological polar surface area (TPSA) is 125 Å². The molecule has 0 aliphatic carbocycles. The van der Waals surface area contributed by atoms with E-state index >= 15 is 0 Å². The van der Waals surface area contributed by atoms with Crippen molar-refractivity contribution in [3.8, 4) is 0 Å². The van der Waals surface area contributed by atoms with E-state index in [0.717, 1.165) is 16.0 Å². The molecule has 2 aromatic carbocycles. The molecule has 1 heterocycles. The Morgan fingerprint density at radius 3 is 2.41 bits per heavy atom. The predicted molar refractivity (Wildman–Crippen MR) is 97.9 cm³/mol. The van der Waals surface area contributed by atoms with Crippen LogP contribution in [0.25, 0.3) is 0 Å². The molecule has 0 spiro atoms. The first kappa shape index (κ1) is 18.1. The maximum Gasteiger partial charge on any atom is 0.325 e. The van der Waals surface area contributed by atoms with Crippen molar-refractivity contribution >= 4 is 24.1 Å². The van der Waals surface area contributed by atoms with Gasteiger partial charge in [0.1, 0.15) is 6.54 Å². The molecule has 1 saturated heterocycles. The van der Waals surface area contributed by atoms with Gasteiger partial charge in [-0.2, -0.15) is 5.10 Å². The van der Waals surface area contributed by atoms with Crippen LogP contribution in [0.4, 0.5) is 4.79 Å². The van der Waals surface area contributed by atoms with Crippen LogP contribution < -0.4 is 11.2 Å². The van der Waals surface area contributed by atoms with Gasteiger partial charge in [-0.25, -0.2) is 4.79 Å². The Morgan fingerprint density at radius 1 is 1.15 bits per heavy atom. The number of nitrogens with zero attached hydrogens (tertiary/aromatic N) is 2. The van der Waals surface area contributed by atoms with Crippen LogP contribution in [0.5, 0.6) is 0 Å². The van der Waals surface area contributed by atoms with Crippen molar-refractivity contribution in [2.75, 3.05) is 6.54 Å². The maximum absolute atomic E-state index is 13.1. The second-order valence-electron chi connectivity index (χ2n) is 6.18. The Hall–Kier alpha value is -3.68. The van der Waals surface area contributed by atoms with Crippen molar-refractivity contribution in [2.24, 2.45) is 10.9 Å². The molecule has 27 heavy (non-hydrogen) atoms. The Kier molecular flexibility index (Phi) is 4.89. The number of nitrogens with one attached hydrogen (secondary N) is 1. The first-order chi connectivity index (χ1) is 13.0. The smallest absolute Gasteiger partial charge is 0.325 e. The molecular weight excluding hydrogens is 348 g/mol. The number of carbonyl (C=O) groups excluding carboxylic acids is 2. The number of urea groups is 1. The van der Waals surface area contributed by atoms with Crippen LogP contribution in [-0.4, -0.2) is 40.7 Å². The fraction of sp³-hybridized carbons (Fsp3) is 0.158. The van der Waals surface area contributed by atoms with Gasteiger partial charge in [0, 0.05) is 6.42 Å². The van der Waals surface area contributed by atoms with Crippen LogP contribution >= 0.6 is 0 Å². The SMILES string of the molecule is NN=Cc1ccc([C@]2(Cc3ccccc3)NC(=O)N(CC(=O)O)C2=O)cc1. The zero-order valence-corrected chi connectivity index (χ0v) is 14.3. The molecule has 1 aliphatic rings. The molecule has 1 aliphatic heterocycles. The lowest BCUT2D eigenvalue weighted by Gasteiger charge is -2.27. The zero-order valence-electron chi connectivity index (χ0n) is 14.3. The number of imide groups is 1. The number of hydrogen-bond donors (Lipinski definition) is 3. The molecule has 1 atom stereocenters. The van der Waals surface area contributed by atoms with Crippen LogP contribution in [0.1, 0.15) is 16.7 Å². The lowest BCUT2D eigenvalue weighted by Crippen LogP contribution is -2.46. The van der Waals surface area contributed by atoms with Crippen LogP contribution in [-0.2, 0) is 21.5 Å².